The van der Waals surface area contributed by atoms with E-state index in [1.54, 1.807) is 19.2 Å². The number of rotatable bonds is 6. The third kappa shape index (κ3) is 4.24. The lowest BCUT2D eigenvalue weighted by atomic mass is 10.2. The molecule has 2 N–H and O–H groups in total. The van der Waals surface area contributed by atoms with Gasteiger partial charge in [-0.25, -0.2) is 17.5 Å². The van der Waals surface area contributed by atoms with Gasteiger partial charge in [0.25, 0.3) is 0 Å². The first-order chi connectivity index (χ1) is 9.92. The van der Waals surface area contributed by atoms with Crippen molar-refractivity contribution < 1.29 is 12.8 Å². The largest absolute Gasteiger partial charge is 0.316 e. The molecule has 21 heavy (non-hydrogen) atoms. The molecule has 2 aromatic rings. The SMILES string of the molecule is CNCc1ccc(F)cc1S(=O)(=O)NCc1ccc(Cl)s1. The zero-order valence-corrected chi connectivity index (χ0v) is 13.6. The topological polar surface area (TPSA) is 58.2 Å². The van der Waals surface area contributed by atoms with Gasteiger partial charge in [-0.2, -0.15) is 0 Å². The Bertz CT molecular complexity index is 732. The van der Waals surface area contributed by atoms with E-state index in [4.69, 9.17) is 11.6 Å². The lowest BCUT2D eigenvalue weighted by molar-refractivity contribution is 0.575. The van der Waals surface area contributed by atoms with E-state index < -0.39 is 15.8 Å². The van der Waals surface area contributed by atoms with Gasteiger partial charge in [-0.15, -0.1) is 11.3 Å². The van der Waals surface area contributed by atoms with Gasteiger partial charge in [0.2, 0.25) is 10.0 Å². The normalized spacial score (nSPS) is 11.8. The smallest absolute Gasteiger partial charge is 0.241 e. The molecular weight excluding hydrogens is 335 g/mol. The van der Waals surface area contributed by atoms with Crippen molar-refractivity contribution in [1.82, 2.24) is 10.0 Å². The van der Waals surface area contributed by atoms with Gasteiger partial charge in [0, 0.05) is 18.0 Å². The Morgan fingerprint density at radius 1 is 1.24 bits per heavy atom. The fourth-order valence-corrected chi connectivity index (χ4v) is 4.18. The fraction of sp³-hybridized carbons (Fsp3) is 0.231. The van der Waals surface area contributed by atoms with Crippen LogP contribution in [0.5, 0.6) is 0 Å². The van der Waals surface area contributed by atoms with Gasteiger partial charge in [-0.3, -0.25) is 0 Å². The van der Waals surface area contributed by atoms with Gasteiger partial charge in [0.1, 0.15) is 5.82 Å². The van der Waals surface area contributed by atoms with Crippen LogP contribution in [-0.2, 0) is 23.1 Å². The van der Waals surface area contributed by atoms with Gasteiger partial charge < -0.3 is 5.32 Å². The summed E-state index contributed by atoms with van der Waals surface area (Å²) in [5.41, 5.74) is 0.510. The highest BCUT2D eigenvalue weighted by Crippen LogP contribution is 2.22. The first-order valence-electron chi connectivity index (χ1n) is 6.09. The summed E-state index contributed by atoms with van der Waals surface area (Å²) < 4.78 is 41.1. The molecule has 0 saturated carbocycles. The van der Waals surface area contributed by atoms with E-state index in [2.05, 4.69) is 10.0 Å². The molecule has 0 aliphatic heterocycles. The van der Waals surface area contributed by atoms with Crippen LogP contribution in [-0.4, -0.2) is 15.5 Å². The highest BCUT2D eigenvalue weighted by atomic mass is 35.5. The second-order valence-corrected chi connectivity index (χ2v) is 7.85. The molecule has 2 rings (SSSR count). The van der Waals surface area contributed by atoms with Crippen LogP contribution in [0.25, 0.3) is 0 Å². The lowest BCUT2D eigenvalue weighted by Gasteiger charge is -2.11. The van der Waals surface area contributed by atoms with E-state index in [9.17, 15) is 12.8 Å². The summed E-state index contributed by atoms with van der Waals surface area (Å²) in [6, 6.07) is 7.17. The van der Waals surface area contributed by atoms with Gasteiger partial charge >= 0.3 is 0 Å². The average Bonchev–Trinajstić information content (AvgIpc) is 2.85. The minimum Gasteiger partial charge on any atom is -0.316 e. The maximum absolute atomic E-state index is 13.4. The summed E-state index contributed by atoms with van der Waals surface area (Å²) in [4.78, 5) is 0.731. The maximum Gasteiger partial charge on any atom is 0.241 e. The molecule has 0 saturated heterocycles. The number of hydrogen-bond donors (Lipinski definition) is 2. The van der Waals surface area contributed by atoms with E-state index in [0.717, 1.165) is 10.9 Å². The van der Waals surface area contributed by atoms with Gasteiger partial charge in [0.05, 0.1) is 9.23 Å². The van der Waals surface area contributed by atoms with Crippen LogP contribution in [0.4, 0.5) is 4.39 Å². The molecule has 0 radical (unpaired) electrons. The maximum atomic E-state index is 13.4. The quantitative estimate of drug-likeness (QED) is 0.844. The molecule has 0 fully saturated rings. The van der Waals surface area contributed by atoms with Crippen molar-refractivity contribution in [3.63, 3.8) is 0 Å². The van der Waals surface area contributed by atoms with E-state index >= 15 is 0 Å². The molecule has 0 aliphatic carbocycles. The Kier molecular flexibility index (Phi) is 5.34. The van der Waals surface area contributed by atoms with Gasteiger partial charge in [-0.1, -0.05) is 17.7 Å². The molecule has 1 aromatic carbocycles. The standard InChI is InChI=1S/C13H14ClFN2O2S2/c1-16-7-9-2-3-10(15)6-12(9)21(18,19)17-8-11-4-5-13(14)20-11/h2-6,16-17H,7-8H2,1H3. The number of sulfonamides is 1. The van der Waals surface area contributed by atoms with Crippen LogP contribution in [0.2, 0.25) is 4.34 Å². The minimum atomic E-state index is -3.79. The van der Waals surface area contributed by atoms with E-state index in [1.807, 2.05) is 0 Å². The van der Waals surface area contributed by atoms with Crippen LogP contribution in [0.1, 0.15) is 10.4 Å². The first kappa shape index (κ1) is 16.4. The fourth-order valence-electron chi connectivity index (χ4n) is 1.81. The van der Waals surface area contributed by atoms with Crippen molar-refractivity contribution in [2.75, 3.05) is 7.05 Å². The number of benzene rings is 1. The molecular formula is C13H14ClFN2O2S2. The molecule has 1 heterocycles. The first-order valence-corrected chi connectivity index (χ1v) is 8.77. The van der Waals surface area contributed by atoms with Crippen molar-refractivity contribution in [2.45, 2.75) is 18.0 Å². The van der Waals surface area contributed by atoms with Crippen molar-refractivity contribution in [1.29, 1.82) is 0 Å². The molecule has 0 spiro atoms. The molecule has 0 amide bonds. The lowest BCUT2D eigenvalue weighted by Crippen LogP contribution is -2.25. The summed E-state index contributed by atoms with van der Waals surface area (Å²) in [5.74, 6) is -0.589. The molecule has 1 aromatic heterocycles. The molecule has 0 aliphatic rings. The Morgan fingerprint density at radius 2 is 2.00 bits per heavy atom. The predicted molar refractivity (Wildman–Crippen MR) is 82.5 cm³/mol. The van der Waals surface area contributed by atoms with Crippen LogP contribution in [0.3, 0.4) is 0 Å². The average molecular weight is 349 g/mol. The molecule has 0 unspecified atom stereocenters. The van der Waals surface area contributed by atoms with Gasteiger partial charge in [0.15, 0.2) is 0 Å². The molecule has 4 nitrogen and oxygen atoms in total. The Balaban J connectivity index is 2.24. The minimum absolute atomic E-state index is 0.0560. The van der Waals surface area contributed by atoms with E-state index in [1.165, 1.54) is 23.5 Å². The van der Waals surface area contributed by atoms with Crippen LogP contribution < -0.4 is 10.0 Å². The zero-order valence-electron chi connectivity index (χ0n) is 11.2. The van der Waals surface area contributed by atoms with E-state index in [0.29, 0.717) is 16.4 Å². The Hall–Kier alpha value is -0.990. The summed E-state index contributed by atoms with van der Waals surface area (Å²) in [6.45, 7) is 0.455. The third-order valence-electron chi connectivity index (χ3n) is 2.75. The van der Waals surface area contributed by atoms with Crippen LogP contribution in [0.15, 0.2) is 35.2 Å². The Morgan fingerprint density at radius 3 is 2.62 bits per heavy atom. The zero-order chi connectivity index (χ0) is 15.5. The van der Waals surface area contributed by atoms with Crippen LogP contribution in [0, 0.1) is 5.82 Å². The summed E-state index contributed by atoms with van der Waals surface area (Å²) in [5, 5.41) is 2.86. The highest BCUT2D eigenvalue weighted by molar-refractivity contribution is 7.89. The number of nitrogens with one attached hydrogen (secondary N) is 2. The summed E-state index contributed by atoms with van der Waals surface area (Å²) in [7, 11) is -2.10. The molecule has 0 atom stereocenters. The second kappa shape index (κ2) is 6.85. The number of halogens is 2. The van der Waals surface area contributed by atoms with Crippen molar-refractivity contribution in [3.8, 4) is 0 Å². The second-order valence-electron chi connectivity index (χ2n) is 4.31. The predicted octanol–water partition coefficient (Wildman–Crippen LogP) is 2.74. The third-order valence-corrected chi connectivity index (χ3v) is 5.47. The summed E-state index contributed by atoms with van der Waals surface area (Å²) in [6.07, 6.45) is 0. The van der Waals surface area contributed by atoms with Crippen LogP contribution >= 0.6 is 22.9 Å². The molecule has 114 valence electrons. The van der Waals surface area contributed by atoms with Gasteiger partial charge in [-0.05, 0) is 36.9 Å². The van der Waals surface area contributed by atoms with Crippen molar-refractivity contribution in [2.24, 2.45) is 0 Å². The van der Waals surface area contributed by atoms with Crippen molar-refractivity contribution in [3.05, 3.63) is 50.9 Å². The number of hydrogen-bond acceptors (Lipinski definition) is 4. The van der Waals surface area contributed by atoms with E-state index in [-0.39, 0.29) is 11.4 Å². The van der Waals surface area contributed by atoms with Crippen molar-refractivity contribution >= 4 is 33.0 Å². The Labute approximate surface area is 132 Å². The molecule has 0 bridgehead atoms. The summed E-state index contributed by atoms with van der Waals surface area (Å²) >= 11 is 7.09. The highest BCUT2D eigenvalue weighted by Gasteiger charge is 2.19. The number of thiophene rings is 1. The monoisotopic (exact) mass is 348 g/mol. The molecule has 8 heteroatoms.